The molecule has 0 spiro atoms. The molecule has 2 heterocycles. The number of rotatable bonds is 5. The van der Waals surface area contributed by atoms with Gasteiger partial charge in [-0.05, 0) is 57.9 Å². The van der Waals surface area contributed by atoms with Gasteiger partial charge in [-0.2, -0.15) is 0 Å². The average molecular weight is 384 g/mol. The number of carbonyl (C=O) groups excluding carboxylic acids is 1. The van der Waals surface area contributed by atoms with Gasteiger partial charge in [-0.25, -0.2) is 14.4 Å². The largest absolute Gasteiger partial charge is 0.488 e. The molecule has 1 saturated heterocycles. The number of nitrogens with one attached hydrogen (secondary N) is 2. The van der Waals surface area contributed by atoms with E-state index >= 15 is 0 Å². The number of aryl methyl sites for hydroxylation is 2. The van der Waals surface area contributed by atoms with E-state index < -0.39 is 12.1 Å². The van der Waals surface area contributed by atoms with Gasteiger partial charge in [-0.15, -0.1) is 0 Å². The maximum absolute atomic E-state index is 13.2. The van der Waals surface area contributed by atoms with Gasteiger partial charge in [0.15, 0.2) is 0 Å². The van der Waals surface area contributed by atoms with Gasteiger partial charge in [0.25, 0.3) is 0 Å². The summed E-state index contributed by atoms with van der Waals surface area (Å²) in [5, 5.41) is 6.18. The molecular formula is C21H25FN4O2. The Morgan fingerprint density at radius 1 is 1.29 bits per heavy atom. The van der Waals surface area contributed by atoms with E-state index in [0.717, 1.165) is 54.2 Å². The smallest absolute Gasteiger partial charge is 0.230 e. The van der Waals surface area contributed by atoms with E-state index in [1.807, 2.05) is 26.0 Å². The summed E-state index contributed by atoms with van der Waals surface area (Å²) in [6.45, 7) is 5.68. The maximum Gasteiger partial charge on any atom is 0.230 e. The van der Waals surface area contributed by atoms with E-state index in [-0.39, 0.29) is 12.0 Å². The zero-order chi connectivity index (χ0) is 19.7. The van der Waals surface area contributed by atoms with Crippen LogP contribution in [-0.2, 0) is 4.79 Å². The predicted octanol–water partition coefficient (Wildman–Crippen LogP) is 3.19. The second-order valence-corrected chi connectivity index (χ2v) is 7.56. The third kappa shape index (κ3) is 3.99. The van der Waals surface area contributed by atoms with E-state index in [2.05, 4.69) is 20.6 Å². The number of piperidine rings is 1. The molecule has 2 N–H and O–H groups in total. The molecule has 1 aromatic heterocycles. The van der Waals surface area contributed by atoms with Crippen molar-refractivity contribution in [2.45, 2.75) is 45.4 Å². The topological polar surface area (TPSA) is 76.1 Å². The van der Waals surface area contributed by atoms with Crippen molar-refractivity contribution in [2.24, 2.45) is 5.92 Å². The van der Waals surface area contributed by atoms with Crippen LogP contribution in [0.4, 0.5) is 10.1 Å². The summed E-state index contributed by atoms with van der Waals surface area (Å²) in [5.41, 5.74) is 4.04. The van der Waals surface area contributed by atoms with Crippen molar-refractivity contribution < 1.29 is 13.9 Å². The molecule has 4 rings (SSSR count). The molecule has 28 heavy (non-hydrogen) atoms. The second kappa shape index (κ2) is 7.83. The van der Waals surface area contributed by atoms with Crippen molar-refractivity contribution in [1.82, 2.24) is 15.3 Å². The van der Waals surface area contributed by atoms with Gasteiger partial charge in [-0.3, -0.25) is 4.79 Å². The number of alkyl halides is 1. The zero-order valence-corrected chi connectivity index (χ0v) is 16.2. The molecule has 1 amide bonds. The van der Waals surface area contributed by atoms with Crippen LogP contribution in [0.2, 0.25) is 0 Å². The van der Waals surface area contributed by atoms with Crippen molar-refractivity contribution in [3.63, 3.8) is 0 Å². The van der Waals surface area contributed by atoms with Crippen LogP contribution in [0.3, 0.4) is 0 Å². The Bertz CT molecular complexity index is 862. The summed E-state index contributed by atoms with van der Waals surface area (Å²) in [6, 6.07) is 5.54. The SMILES string of the molecule is Cc1ncnc(C)c1-c1cc(NC(=O)[C@@H]2C[C@@H]2F)ccc1O[C@@H]1CCCNC1. The van der Waals surface area contributed by atoms with Gasteiger partial charge in [0.05, 0.1) is 5.92 Å². The van der Waals surface area contributed by atoms with E-state index in [1.165, 1.54) is 0 Å². The summed E-state index contributed by atoms with van der Waals surface area (Å²) in [7, 11) is 0. The number of nitrogens with zero attached hydrogens (tertiary/aromatic N) is 2. The molecule has 3 atom stereocenters. The van der Waals surface area contributed by atoms with Crippen LogP contribution in [0, 0.1) is 19.8 Å². The van der Waals surface area contributed by atoms with E-state index in [9.17, 15) is 9.18 Å². The quantitative estimate of drug-likeness (QED) is 0.828. The third-order valence-electron chi connectivity index (χ3n) is 5.34. The summed E-state index contributed by atoms with van der Waals surface area (Å²) in [6.07, 6.45) is 2.99. The minimum Gasteiger partial charge on any atom is -0.488 e. The molecule has 0 bridgehead atoms. The van der Waals surface area contributed by atoms with E-state index in [1.54, 1.807) is 12.4 Å². The Morgan fingerprint density at radius 3 is 2.68 bits per heavy atom. The van der Waals surface area contributed by atoms with Gasteiger partial charge in [0.2, 0.25) is 5.91 Å². The number of benzene rings is 1. The molecule has 1 aliphatic heterocycles. The molecule has 1 aromatic carbocycles. The van der Waals surface area contributed by atoms with Crippen LogP contribution in [-0.4, -0.2) is 41.2 Å². The van der Waals surface area contributed by atoms with Gasteiger partial charge in [0.1, 0.15) is 24.4 Å². The van der Waals surface area contributed by atoms with Gasteiger partial charge in [-0.1, -0.05) is 0 Å². The molecule has 1 aliphatic carbocycles. The highest BCUT2D eigenvalue weighted by Gasteiger charge is 2.43. The third-order valence-corrected chi connectivity index (χ3v) is 5.34. The minimum absolute atomic E-state index is 0.0944. The van der Waals surface area contributed by atoms with Crippen molar-refractivity contribution >= 4 is 11.6 Å². The van der Waals surface area contributed by atoms with Crippen LogP contribution >= 0.6 is 0 Å². The molecule has 0 radical (unpaired) electrons. The highest BCUT2D eigenvalue weighted by Crippen LogP contribution is 2.38. The van der Waals surface area contributed by atoms with Crippen LogP contribution in [0.5, 0.6) is 5.75 Å². The Hall–Kier alpha value is -2.54. The normalized spacial score (nSPS) is 23.9. The number of carbonyl (C=O) groups is 1. The lowest BCUT2D eigenvalue weighted by Crippen LogP contribution is -2.37. The first kappa shape index (κ1) is 18.8. The highest BCUT2D eigenvalue weighted by atomic mass is 19.1. The molecule has 148 valence electrons. The van der Waals surface area contributed by atoms with E-state index in [0.29, 0.717) is 12.1 Å². The maximum atomic E-state index is 13.2. The molecule has 2 aliphatic rings. The number of aromatic nitrogens is 2. The molecule has 6 nitrogen and oxygen atoms in total. The standard InChI is InChI=1S/C21H25FN4O2/c1-12-20(13(2)25-11-24-12)17-8-14(26-21(27)16-9-18(16)22)5-6-19(17)28-15-4-3-7-23-10-15/h5-6,8,11,15-16,18,23H,3-4,7,9-10H2,1-2H3,(H,26,27)/t15-,16-,18+/m1/s1. The summed E-state index contributed by atoms with van der Waals surface area (Å²) >= 11 is 0. The molecule has 1 saturated carbocycles. The summed E-state index contributed by atoms with van der Waals surface area (Å²) in [5.74, 6) is -0.0694. The second-order valence-electron chi connectivity index (χ2n) is 7.56. The molecular weight excluding hydrogens is 359 g/mol. The van der Waals surface area contributed by atoms with Crippen LogP contribution in [0.15, 0.2) is 24.5 Å². The van der Waals surface area contributed by atoms with Gasteiger partial charge in [0, 0.05) is 34.7 Å². The van der Waals surface area contributed by atoms with Crippen LogP contribution in [0.25, 0.3) is 11.1 Å². The number of halogens is 1. The average Bonchev–Trinajstić information content (AvgIpc) is 3.41. The monoisotopic (exact) mass is 384 g/mol. The van der Waals surface area contributed by atoms with E-state index in [4.69, 9.17) is 4.74 Å². The lowest BCUT2D eigenvalue weighted by molar-refractivity contribution is -0.117. The lowest BCUT2D eigenvalue weighted by Gasteiger charge is -2.26. The number of hydrogen-bond donors (Lipinski definition) is 2. The number of ether oxygens (including phenoxy) is 1. The molecule has 2 fully saturated rings. The van der Waals surface area contributed by atoms with Crippen molar-refractivity contribution in [3.05, 3.63) is 35.9 Å². The first-order valence-electron chi connectivity index (χ1n) is 9.78. The fraction of sp³-hybridized carbons (Fsp3) is 0.476. The molecule has 7 heteroatoms. The Balaban J connectivity index is 1.67. The van der Waals surface area contributed by atoms with Crippen molar-refractivity contribution in [2.75, 3.05) is 18.4 Å². The minimum atomic E-state index is -1.02. The predicted molar refractivity (Wildman–Crippen MR) is 105 cm³/mol. The Labute approximate surface area is 163 Å². The first-order chi connectivity index (χ1) is 13.5. The van der Waals surface area contributed by atoms with Crippen LogP contribution in [0.1, 0.15) is 30.7 Å². The van der Waals surface area contributed by atoms with Crippen LogP contribution < -0.4 is 15.4 Å². The molecule has 2 aromatic rings. The fourth-order valence-corrected chi connectivity index (χ4v) is 3.66. The number of hydrogen-bond acceptors (Lipinski definition) is 5. The Morgan fingerprint density at radius 2 is 2.04 bits per heavy atom. The van der Waals surface area contributed by atoms with Crippen molar-refractivity contribution in [1.29, 1.82) is 0 Å². The lowest BCUT2D eigenvalue weighted by atomic mass is 10.0. The summed E-state index contributed by atoms with van der Waals surface area (Å²) in [4.78, 5) is 20.8. The highest BCUT2D eigenvalue weighted by molar-refractivity contribution is 5.95. The number of amides is 1. The Kier molecular flexibility index (Phi) is 5.26. The van der Waals surface area contributed by atoms with Crippen molar-refractivity contribution in [3.8, 4) is 16.9 Å². The zero-order valence-electron chi connectivity index (χ0n) is 16.2. The molecule has 0 unspecified atom stereocenters. The number of anilines is 1. The fourth-order valence-electron chi connectivity index (χ4n) is 3.66. The van der Waals surface area contributed by atoms with Gasteiger partial charge >= 0.3 is 0 Å². The first-order valence-corrected chi connectivity index (χ1v) is 9.78. The van der Waals surface area contributed by atoms with Gasteiger partial charge < -0.3 is 15.4 Å². The summed E-state index contributed by atoms with van der Waals surface area (Å²) < 4.78 is 19.5.